The molecular formula is C19H36N4O. The first kappa shape index (κ1) is 18.0. The van der Waals surface area contributed by atoms with Crippen LogP contribution in [0.5, 0.6) is 0 Å². The molecule has 3 fully saturated rings. The number of ether oxygens (including phenoxy) is 1. The molecule has 3 atom stereocenters. The van der Waals surface area contributed by atoms with Crippen LogP contribution in [0, 0.1) is 11.3 Å². The highest BCUT2D eigenvalue weighted by Crippen LogP contribution is 2.57. The van der Waals surface area contributed by atoms with Crippen molar-refractivity contribution in [1.29, 1.82) is 0 Å². The van der Waals surface area contributed by atoms with Gasteiger partial charge in [-0.3, -0.25) is 4.99 Å². The highest BCUT2D eigenvalue weighted by molar-refractivity contribution is 5.80. The summed E-state index contributed by atoms with van der Waals surface area (Å²) in [4.78, 5) is 7.35. The molecule has 0 aromatic carbocycles. The molecule has 5 nitrogen and oxygen atoms in total. The summed E-state index contributed by atoms with van der Waals surface area (Å²) in [5.74, 6) is 1.71. The van der Waals surface area contributed by atoms with Gasteiger partial charge in [-0.2, -0.15) is 0 Å². The Morgan fingerprint density at radius 1 is 1.29 bits per heavy atom. The standard InChI is InChI=1S/C19H36N4O/c1-4-20-18(21-13-15-8-6-11-23(3)14-15)22-16-12-17(24-5-2)19(16)9-7-10-19/h15-17H,4-14H2,1-3H3,(H2,20,21,22). The van der Waals surface area contributed by atoms with Gasteiger partial charge in [0.15, 0.2) is 5.96 Å². The van der Waals surface area contributed by atoms with E-state index >= 15 is 0 Å². The van der Waals surface area contributed by atoms with Crippen molar-refractivity contribution in [2.45, 2.75) is 64.5 Å². The molecule has 0 bridgehead atoms. The first-order valence-corrected chi connectivity index (χ1v) is 10.0. The van der Waals surface area contributed by atoms with Gasteiger partial charge in [-0.25, -0.2) is 0 Å². The maximum absolute atomic E-state index is 5.97. The summed E-state index contributed by atoms with van der Waals surface area (Å²) in [6.45, 7) is 9.38. The third-order valence-corrected chi connectivity index (χ3v) is 6.32. The minimum absolute atomic E-state index is 0.386. The first-order valence-electron chi connectivity index (χ1n) is 10.0. The molecule has 1 aliphatic heterocycles. The van der Waals surface area contributed by atoms with Crippen molar-refractivity contribution < 1.29 is 4.74 Å². The molecule has 2 N–H and O–H groups in total. The summed E-state index contributed by atoms with van der Waals surface area (Å²) in [5.41, 5.74) is 0.386. The number of hydrogen-bond donors (Lipinski definition) is 2. The Bertz CT molecular complexity index is 435. The molecule has 1 saturated heterocycles. The fraction of sp³-hybridized carbons (Fsp3) is 0.947. The zero-order valence-corrected chi connectivity index (χ0v) is 15.8. The largest absolute Gasteiger partial charge is 0.378 e. The number of nitrogens with zero attached hydrogens (tertiary/aromatic N) is 2. The summed E-state index contributed by atoms with van der Waals surface area (Å²) in [6.07, 6.45) is 8.18. The van der Waals surface area contributed by atoms with Crippen molar-refractivity contribution in [2.24, 2.45) is 16.3 Å². The second kappa shape index (κ2) is 8.05. The van der Waals surface area contributed by atoms with E-state index in [9.17, 15) is 0 Å². The lowest BCUT2D eigenvalue weighted by atomic mass is 9.51. The zero-order valence-electron chi connectivity index (χ0n) is 15.8. The van der Waals surface area contributed by atoms with Crippen LogP contribution in [0.1, 0.15) is 52.4 Å². The monoisotopic (exact) mass is 336 g/mol. The van der Waals surface area contributed by atoms with Gasteiger partial charge >= 0.3 is 0 Å². The maximum atomic E-state index is 5.97. The Morgan fingerprint density at radius 2 is 2.12 bits per heavy atom. The van der Waals surface area contributed by atoms with Gasteiger partial charge in [0, 0.05) is 37.7 Å². The van der Waals surface area contributed by atoms with Gasteiger partial charge in [0.25, 0.3) is 0 Å². The van der Waals surface area contributed by atoms with Gasteiger partial charge in [0.05, 0.1) is 6.10 Å². The predicted molar refractivity (Wildman–Crippen MR) is 99.4 cm³/mol. The number of piperidine rings is 1. The van der Waals surface area contributed by atoms with Crippen LogP contribution in [0.4, 0.5) is 0 Å². The predicted octanol–water partition coefficient (Wildman–Crippen LogP) is 2.23. The van der Waals surface area contributed by atoms with Crippen molar-refractivity contribution in [1.82, 2.24) is 15.5 Å². The second-order valence-electron chi connectivity index (χ2n) is 7.95. The van der Waals surface area contributed by atoms with Gasteiger partial charge in [0.2, 0.25) is 0 Å². The second-order valence-corrected chi connectivity index (χ2v) is 7.95. The van der Waals surface area contributed by atoms with Crippen LogP contribution >= 0.6 is 0 Å². The number of hydrogen-bond acceptors (Lipinski definition) is 3. The fourth-order valence-corrected chi connectivity index (χ4v) is 4.77. The molecule has 3 rings (SSSR count). The zero-order chi connectivity index (χ0) is 17.0. The van der Waals surface area contributed by atoms with Crippen LogP contribution in [0.3, 0.4) is 0 Å². The average molecular weight is 337 g/mol. The number of likely N-dealkylation sites (tertiary alicyclic amines) is 1. The van der Waals surface area contributed by atoms with Crippen molar-refractivity contribution in [3.63, 3.8) is 0 Å². The van der Waals surface area contributed by atoms with Crippen molar-refractivity contribution in [3.05, 3.63) is 0 Å². The lowest BCUT2D eigenvalue weighted by Crippen LogP contribution is -2.68. The minimum Gasteiger partial charge on any atom is -0.378 e. The molecular weight excluding hydrogens is 300 g/mol. The third kappa shape index (κ3) is 3.72. The van der Waals surface area contributed by atoms with Gasteiger partial charge in [-0.15, -0.1) is 0 Å². The Balaban J connectivity index is 1.55. The smallest absolute Gasteiger partial charge is 0.191 e. The molecule has 0 aromatic rings. The molecule has 1 spiro atoms. The number of guanidine groups is 1. The average Bonchev–Trinajstić information content (AvgIpc) is 2.50. The molecule has 2 saturated carbocycles. The van der Waals surface area contributed by atoms with E-state index < -0.39 is 0 Å². The molecule has 24 heavy (non-hydrogen) atoms. The third-order valence-electron chi connectivity index (χ3n) is 6.32. The van der Waals surface area contributed by atoms with Crippen molar-refractivity contribution in [2.75, 3.05) is 39.8 Å². The minimum atomic E-state index is 0.386. The van der Waals surface area contributed by atoms with Crippen molar-refractivity contribution in [3.8, 4) is 0 Å². The molecule has 0 amide bonds. The van der Waals surface area contributed by atoms with Gasteiger partial charge in [-0.05, 0) is 65.5 Å². The molecule has 3 aliphatic rings. The molecule has 5 heteroatoms. The Hall–Kier alpha value is -0.810. The summed E-state index contributed by atoms with van der Waals surface area (Å²) in [6, 6.07) is 0.537. The normalized spacial score (nSPS) is 33.0. The first-order chi connectivity index (χ1) is 11.7. The van der Waals surface area contributed by atoms with E-state index in [0.29, 0.717) is 23.5 Å². The molecule has 2 aliphatic carbocycles. The number of aliphatic imine (C=N–C) groups is 1. The van der Waals surface area contributed by atoms with E-state index in [1.165, 1.54) is 45.2 Å². The van der Waals surface area contributed by atoms with Crippen LogP contribution in [-0.4, -0.2) is 62.8 Å². The summed E-state index contributed by atoms with van der Waals surface area (Å²) >= 11 is 0. The molecule has 138 valence electrons. The van der Waals surface area contributed by atoms with E-state index in [1.54, 1.807) is 0 Å². The highest BCUT2D eigenvalue weighted by atomic mass is 16.5. The van der Waals surface area contributed by atoms with E-state index in [1.807, 2.05) is 0 Å². The fourth-order valence-electron chi connectivity index (χ4n) is 4.77. The van der Waals surface area contributed by atoms with E-state index in [4.69, 9.17) is 9.73 Å². The van der Waals surface area contributed by atoms with Gasteiger partial charge in [0.1, 0.15) is 0 Å². The Labute approximate surface area is 147 Å². The topological polar surface area (TPSA) is 48.9 Å². The molecule has 3 unspecified atom stereocenters. The van der Waals surface area contributed by atoms with Crippen LogP contribution < -0.4 is 10.6 Å². The summed E-state index contributed by atoms with van der Waals surface area (Å²) in [7, 11) is 2.22. The summed E-state index contributed by atoms with van der Waals surface area (Å²) < 4.78 is 5.97. The summed E-state index contributed by atoms with van der Waals surface area (Å²) in [5, 5.41) is 7.18. The Kier molecular flexibility index (Phi) is 6.03. The van der Waals surface area contributed by atoms with Gasteiger partial charge < -0.3 is 20.3 Å². The molecule has 0 radical (unpaired) electrons. The maximum Gasteiger partial charge on any atom is 0.191 e. The van der Waals surface area contributed by atoms with E-state index in [-0.39, 0.29) is 0 Å². The quantitative estimate of drug-likeness (QED) is 0.577. The molecule has 1 heterocycles. The van der Waals surface area contributed by atoms with Gasteiger partial charge in [-0.1, -0.05) is 6.42 Å². The van der Waals surface area contributed by atoms with Crippen LogP contribution in [-0.2, 0) is 4.74 Å². The van der Waals surface area contributed by atoms with Crippen LogP contribution in [0.15, 0.2) is 4.99 Å². The van der Waals surface area contributed by atoms with Crippen molar-refractivity contribution >= 4 is 5.96 Å². The lowest BCUT2D eigenvalue weighted by molar-refractivity contribution is -0.168. The van der Waals surface area contributed by atoms with E-state index in [0.717, 1.165) is 32.1 Å². The van der Waals surface area contributed by atoms with Crippen LogP contribution in [0.2, 0.25) is 0 Å². The number of nitrogens with one attached hydrogen (secondary N) is 2. The SMILES string of the molecule is CCNC(=NCC1CCCN(C)C1)NC1CC(OCC)C12CCC2. The molecule has 0 aromatic heterocycles. The number of rotatable bonds is 6. The van der Waals surface area contributed by atoms with Crippen LogP contribution in [0.25, 0.3) is 0 Å². The van der Waals surface area contributed by atoms with E-state index in [2.05, 4.69) is 36.4 Å². The highest BCUT2D eigenvalue weighted by Gasteiger charge is 2.59. The Morgan fingerprint density at radius 3 is 2.75 bits per heavy atom. The lowest BCUT2D eigenvalue weighted by Gasteiger charge is -2.61.